The van der Waals surface area contributed by atoms with Crippen LogP contribution in [-0.4, -0.2) is 47.9 Å². The lowest BCUT2D eigenvalue weighted by Crippen LogP contribution is -2.44. The molecule has 1 saturated heterocycles. The minimum absolute atomic E-state index is 0.0420. The zero-order valence-electron chi connectivity index (χ0n) is 12.7. The lowest BCUT2D eigenvalue weighted by atomic mass is 9.89. The number of ether oxygens (including phenoxy) is 2. The predicted octanol–water partition coefficient (Wildman–Crippen LogP) is 2.15. The highest BCUT2D eigenvalue weighted by atomic mass is 16.7. The van der Waals surface area contributed by atoms with Gasteiger partial charge in [0.2, 0.25) is 0 Å². The van der Waals surface area contributed by atoms with Crippen LogP contribution in [0, 0.1) is 6.92 Å². The number of aryl methyl sites for hydroxylation is 1. The van der Waals surface area contributed by atoms with E-state index in [0.29, 0.717) is 18.8 Å². The summed E-state index contributed by atoms with van der Waals surface area (Å²) in [6, 6.07) is 2.13. The van der Waals surface area contributed by atoms with Gasteiger partial charge in [-0.2, -0.15) is 0 Å². The lowest BCUT2D eigenvalue weighted by Gasteiger charge is -2.39. The van der Waals surface area contributed by atoms with Crippen LogP contribution in [-0.2, 0) is 9.47 Å². The molecule has 0 unspecified atom stereocenters. The predicted molar refractivity (Wildman–Crippen MR) is 78.0 cm³/mol. The van der Waals surface area contributed by atoms with E-state index >= 15 is 0 Å². The fourth-order valence-corrected chi connectivity index (χ4v) is 3.26. The van der Waals surface area contributed by atoms with Crippen molar-refractivity contribution in [1.29, 1.82) is 0 Å². The molecule has 5 heteroatoms. The van der Waals surface area contributed by atoms with E-state index in [1.807, 2.05) is 24.9 Å². The molecule has 1 aromatic rings. The molecule has 114 valence electrons. The average molecular weight is 290 g/mol. The van der Waals surface area contributed by atoms with Gasteiger partial charge in [-0.05, 0) is 31.4 Å². The van der Waals surface area contributed by atoms with Crippen molar-refractivity contribution in [2.75, 3.05) is 20.3 Å². The highest BCUT2D eigenvalue weighted by Crippen LogP contribution is 2.37. The number of rotatable bonds is 2. The number of hydrogen-bond donors (Lipinski definition) is 0. The summed E-state index contributed by atoms with van der Waals surface area (Å²) in [4.78, 5) is 18.5. The summed E-state index contributed by atoms with van der Waals surface area (Å²) in [5.41, 5.74) is 1.66. The molecule has 0 atom stereocenters. The lowest BCUT2D eigenvalue weighted by molar-refractivity contribution is -0.182. The molecular formula is C16H22N2O3. The molecule has 1 aliphatic carbocycles. The zero-order valence-corrected chi connectivity index (χ0v) is 12.7. The minimum atomic E-state index is -0.370. The molecule has 0 bridgehead atoms. The van der Waals surface area contributed by atoms with Crippen LogP contribution in [0.4, 0.5) is 0 Å². The summed E-state index contributed by atoms with van der Waals surface area (Å²) >= 11 is 0. The van der Waals surface area contributed by atoms with E-state index < -0.39 is 0 Å². The fourth-order valence-electron chi connectivity index (χ4n) is 3.26. The number of nitrogens with zero attached hydrogens (tertiary/aromatic N) is 2. The third-order valence-electron chi connectivity index (χ3n) is 4.52. The Morgan fingerprint density at radius 2 is 1.95 bits per heavy atom. The molecule has 0 N–H and O–H groups in total. The Morgan fingerprint density at radius 1 is 1.29 bits per heavy atom. The molecule has 5 nitrogen and oxygen atoms in total. The van der Waals surface area contributed by atoms with Gasteiger partial charge in [-0.3, -0.25) is 9.78 Å². The maximum atomic E-state index is 12.5. The van der Waals surface area contributed by atoms with Gasteiger partial charge >= 0.3 is 0 Å². The van der Waals surface area contributed by atoms with Crippen LogP contribution in [0.25, 0.3) is 0 Å². The Morgan fingerprint density at radius 3 is 2.57 bits per heavy atom. The molecule has 21 heavy (non-hydrogen) atoms. The first-order valence-corrected chi connectivity index (χ1v) is 7.56. The van der Waals surface area contributed by atoms with E-state index in [1.165, 1.54) is 0 Å². The number of pyridine rings is 1. The van der Waals surface area contributed by atoms with E-state index in [-0.39, 0.29) is 17.7 Å². The zero-order chi connectivity index (χ0) is 14.9. The molecular weight excluding hydrogens is 268 g/mol. The average Bonchev–Trinajstić information content (AvgIpc) is 2.95. The number of hydrogen-bond acceptors (Lipinski definition) is 4. The molecule has 3 rings (SSSR count). The number of carbonyl (C=O) groups excluding carboxylic acids is 1. The van der Waals surface area contributed by atoms with Gasteiger partial charge in [0, 0.05) is 38.3 Å². The molecule has 0 radical (unpaired) electrons. The fraction of sp³-hybridized carbons (Fsp3) is 0.625. The van der Waals surface area contributed by atoms with Crippen molar-refractivity contribution in [3.63, 3.8) is 0 Å². The van der Waals surface area contributed by atoms with E-state index in [1.54, 1.807) is 12.4 Å². The summed E-state index contributed by atoms with van der Waals surface area (Å²) in [7, 11) is 1.88. The summed E-state index contributed by atoms with van der Waals surface area (Å²) in [5, 5.41) is 0. The molecule has 1 spiro atoms. The quantitative estimate of drug-likeness (QED) is 0.837. The molecule has 1 amide bonds. The van der Waals surface area contributed by atoms with Crippen LogP contribution in [0.15, 0.2) is 18.5 Å². The Balaban J connectivity index is 1.63. The SMILES string of the molecule is Cc1cncc(C(=O)N(C)C2CCC3(CC2)OCCO3)c1. The van der Waals surface area contributed by atoms with Gasteiger partial charge in [-0.1, -0.05) is 0 Å². The number of amides is 1. The molecule has 1 aromatic heterocycles. The number of carbonyl (C=O) groups is 1. The van der Waals surface area contributed by atoms with Crippen LogP contribution in [0.1, 0.15) is 41.6 Å². The van der Waals surface area contributed by atoms with Crippen LogP contribution >= 0.6 is 0 Å². The van der Waals surface area contributed by atoms with Crippen molar-refractivity contribution < 1.29 is 14.3 Å². The summed E-state index contributed by atoms with van der Waals surface area (Å²) in [5.74, 6) is -0.328. The normalized spacial score (nSPS) is 21.6. The van der Waals surface area contributed by atoms with Gasteiger partial charge in [0.05, 0.1) is 18.8 Å². The standard InChI is InChI=1S/C16H22N2O3/c1-12-9-13(11-17-10-12)15(19)18(2)14-3-5-16(6-4-14)20-7-8-21-16/h9-11,14H,3-8H2,1-2H3. The summed E-state index contributed by atoms with van der Waals surface area (Å²) in [6.07, 6.45) is 6.96. The molecule has 1 aliphatic heterocycles. The van der Waals surface area contributed by atoms with Gasteiger partial charge in [-0.15, -0.1) is 0 Å². The topological polar surface area (TPSA) is 51.7 Å². The van der Waals surface area contributed by atoms with Crippen molar-refractivity contribution in [3.05, 3.63) is 29.6 Å². The summed E-state index contributed by atoms with van der Waals surface area (Å²) < 4.78 is 11.5. The van der Waals surface area contributed by atoms with Crippen LogP contribution < -0.4 is 0 Å². The molecule has 0 aromatic carbocycles. The smallest absolute Gasteiger partial charge is 0.255 e. The Labute approximate surface area is 125 Å². The largest absolute Gasteiger partial charge is 0.348 e. The van der Waals surface area contributed by atoms with Crippen LogP contribution in [0.3, 0.4) is 0 Å². The van der Waals surface area contributed by atoms with E-state index in [9.17, 15) is 4.79 Å². The van der Waals surface area contributed by atoms with Crippen molar-refractivity contribution in [1.82, 2.24) is 9.88 Å². The van der Waals surface area contributed by atoms with Gasteiger partial charge in [0.15, 0.2) is 5.79 Å². The van der Waals surface area contributed by atoms with Gasteiger partial charge in [0.1, 0.15) is 0 Å². The number of aromatic nitrogens is 1. The van der Waals surface area contributed by atoms with Gasteiger partial charge in [0.25, 0.3) is 5.91 Å². The minimum Gasteiger partial charge on any atom is -0.348 e. The maximum absolute atomic E-state index is 12.5. The third-order valence-corrected chi connectivity index (χ3v) is 4.52. The van der Waals surface area contributed by atoms with Gasteiger partial charge < -0.3 is 14.4 Å². The second-order valence-electron chi connectivity index (χ2n) is 6.01. The highest BCUT2D eigenvalue weighted by Gasteiger charge is 2.41. The van der Waals surface area contributed by atoms with Crippen molar-refractivity contribution >= 4 is 5.91 Å². The second kappa shape index (κ2) is 5.73. The van der Waals surface area contributed by atoms with Crippen molar-refractivity contribution in [2.45, 2.75) is 44.4 Å². The van der Waals surface area contributed by atoms with Crippen molar-refractivity contribution in [2.24, 2.45) is 0 Å². The summed E-state index contributed by atoms with van der Waals surface area (Å²) in [6.45, 7) is 3.33. The first-order chi connectivity index (χ1) is 10.1. The monoisotopic (exact) mass is 290 g/mol. The Hall–Kier alpha value is -1.46. The first kappa shape index (κ1) is 14.5. The maximum Gasteiger partial charge on any atom is 0.255 e. The van der Waals surface area contributed by atoms with E-state index in [2.05, 4.69) is 4.98 Å². The van der Waals surface area contributed by atoms with Crippen molar-refractivity contribution in [3.8, 4) is 0 Å². The molecule has 2 aliphatic rings. The van der Waals surface area contributed by atoms with Crippen LogP contribution in [0.5, 0.6) is 0 Å². The van der Waals surface area contributed by atoms with Crippen LogP contribution in [0.2, 0.25) is 0 Å². The van der Waals surface area contributed by atoms with E-state index in [0.717, 1.165) is 31.2 Å². The first-order valence-electron chi connectivity index (χ1n) is 7.56. The molecule has 2 fully saturated rings. The second-order valence-corrected chi connectivity index (χ2v) is 6.01. The Kier molecular flexibility index (Phi) is 3.95. The van der Waals surface area contributed by atoms with E-state index in [4.69, 9.17) is 9.47 Å². The third kappa shape index (κ3) is 2.94. The molecule has 2 heterocycles. The Bertz CT molecular complexity index is 516. The molecule has 1 saturated carbocycles. The van der Waals surface area contributed by atoms with Gasteiger partial charge in [-0.25, -0.2) is 0 Å². The highest BCUT2D eigenvalue weighted by molar-refractivity contribution is 5.94.